The normalized spacial score (nSPS) is 11.2. The smallest absolute Gasteiger partial charge is 0.193 e. The number of hydrogen-bond acceptors (Lipinski definition) is 3. The molecule has 0 aliphatic carbocycles. The number of Topliss-reactive ketones (excluding diaryl/α,β-unsaturated/α-hetero) is 1. The van der Waals surface area contributed by atoms with Crippen LogP contribution in [0.2, 0.25) is 0 Å². The molecule has 0 bridgehead atoms. The van der Waals surface area contributed by atoms with Gasteiger partial charge in [0.25, 0.3) is 0 Å². The molecule has 0 amide bonds. The summed E-state index contributed by atoms with van der Waals surface area (Å²) in [6.07, 6.45) is 3.63. The predicted molar refractivity (Wildman–Crippen MR) is 75.2 cm³/mol. The van der Waals surface area contributed by atoms with Gasteiger partial charge in [0.05, 0.1) is 16.6 Å². The van der Waals surface area contributed by atoms with Crippen LogP contribution < -0.4 is 0 Å². The molecule has 102 valence electrons. The van der Waals surface area contributed by atoms with Crippen molar-refractivity contribution in [3.05, 3.63) is 57.3 Å². The molecule has 2 heterocycles. The Morgan fingerprint density at radius 2 is 2.20 bits per heavy atom. The maximum atomic E-state index is 13.4. The van der Waals surface area contributed by atoms with Gasteiger partial charge in [-0.05, 0) is 28.1 Å². The van der Waals surface area contributed by atoms with Crippen LogP contribution in [0.1, 0.15) is 16.1 Å². The lowest BCUT2D eigenvalue weighted by molar-refractivity contribution is 0.0990. The number of fused-ring (bicyclic) bond motifs is 1. The average molecular weight is 357 g/mol. The quantitative estimate of drug-likeness (QED) is 0.527. The fraction of sp³-hybridized carbons (Fsp3) is 0.0769. The van der Waals surface area contributed by atoms with E-state index in [1.807, 2.05) is 16.0 Å². The summed E-state index contributed by atoms with van der Waals surface area (Å²) in [7, 11) is 0. The number of halogens is 3. The Morgan fingerprint density at radius 1 is 1.40 bits per heavy atom. The lowest BCUT2D eigenvalue weighted by Crippen LogP contribution is -2.06. The third-order valence-electron chi connectivity index (χ3n) is 2.82. The lowest BCUT2D eigenvalue weighted by Gasteiger charge is -2.04. The summed E-state index contributed by atoms with van der Waals surface area (Å²) in [5.74, 6) is -2.36. The minimum Gasteiger partial charge on any atom is -0.297 e. The van der Waals surface area contributed by atoms with E-state index in [0.717, 1.165) is 11.0 Å². The van der Waals surface area contributed by atoms with Gasteiger partial charge >= 0.3 is 0 Å². The van der Waals surface area contributed by atoms with E-state index >= 15 is 0 Å². The molecule has 7 heteroatoms. The largest absolute Gasteiger partial charge is 0.297 e. The number of aromatic nitrogens is 2. The van der Waals surface area contributed by atoms with Crippen molar-refractivity contribution in [3.8, 4) is 0 Å². The summed E-state index contributed by atoms with van der Waals surface area (Å²) >= 11 is 4.37. The summed E-state index contributed by atoms with van der Waals surface area (Å²) in [5.41, 5.74) is 0.707. The van der Waals surface area contributed by atoms with Crippen LogP contribution in [0, 0.1) is 11.6 Å². The fourth-order valence-electron chi connectivity index (χ4n) is 1.86. The number of thiazole rings is 1. The zero-order valence-corrected chi connectivity index (χ0v) is 12.3. The fourth-order valence-corrected chi connectivity index (χ4v) is 3.12. The van der Waals surface area contributed by atoms with Crippen LogP contribution in [-0.4, -0.2) is 15.2 Å². The van der Waals surface area contributed by atoms with Crippen LogP contribution in [0.3, 0.4) is 0 Å². The Morgan fingerprint density at radius 3 is 2.95 bits per heavy atom. The Labute approximate surface area is 125 Å². The molecule has 20 heavy (non-hydrogen) atoms. The highest BCUT2D eigenvalue weighted by Gasteiger charge is 2.18. The molecule has 3 aromatic rings. The molecule has 0 saturated carbocycles. The highest BCUT2D eigenvalue weighted by Crippen LogP contribution is 2.24. The summed E-state index contributed by atoms with van der Waals surface area (Å²) in [6.45, 7) is 0. The van der Waals surface area contributed by atoms with E-state index in [2.05, 4.69) is 20.9 Å². The molecule has 0 fully saturated rings. The van der Waals surface area contributed by atoms with Crippen LogP contribution in [0.25, 0.3) is 4.96 Å². The third kappa shape index (κ3) is 2.27. The van der Waals surface area contributed by atoms with Crippen LogP contribution in [0.5, 0.6) is 0 Å². The Bertz CT molecular complexity index is 783. The number of benzene rings is 1. The second kappa shape index (κ2) is 5.06. The molecular weight excluding hydrogens is 350 g/mol. The summed E-state index contributed by atoms with van der Waals surface area (Å²) in [6, 6.07) is 2.21. The maximum Gasteiger partial charge on any atom is 0.193 e. The van der Waals surface area contributed by atoms with Crippen LogP contribution in [-0.2, 0) is 6.42 Å². The highest BCUT2D eigenvalue weighted by molar-refractivity contribution is 9.10. The molecule has 3 nitrogen and oxygen atoms in total. The summed E-state index contributed by atoms with van der Waals surface area (Å²) in [4.78, 5) is 17.2. The van der Waals surface area contributed by atoms with Crippen LogP contribution in [0.15, 0.2) is 34.4 Å². The third-order valence-corrected chi connectivity index (χ3v) is 4.37. The van der Waals surface area contributed by atoms with Crippen molar-refractivity contribution < 1.29 is 13.6 Å². The topological polar surface area (TPSA) is 34.4 Å². The van der Waals surface area contributed by atoms with Gasteiger partial charge in [-0.2, -0.15) is 0 Å². The van der Waals surface area contributed by atoms with Gasteiger partial charge in [0.15, 0.2) is 22.4 Å². The van der Waals surface area contributed by atoms with Crippen molar-refractivity contribution in [3.63, 3.8) is 0 Å². The van der Waals surface area contributed by atoms with Crippen molar-refractivity contribution >= 4 is 38.0 Å². The molecule has 0 aliphatic heterocycles. The number of rotatable bonds is 3. The monoisotopic (exact) mass is 356 g/mol. The average Bonchev–Trinajstić information content (AvgIpc) is 2.96. The molecule has 0 saturated heterocycles. The molecule has 0 aliphatic rings. The molecule has 0 spiro atoms. The first-order valence-electron chi connectivity index (χ1n) is 5.64. The van der Waals surface area contributed by atoms with E-state index in [1.54, 1.807) is 6.20 Å². The number of carbonyl (C=O) groups is 1. The van der Waals surface area contributed by atoms with Gasteiger partial charge in [0.1, 0.15) is 0 Å². The first-order valence-corrected chi connectivity index (χ1v) is 7.31. The van der Waals surface area contributed by atoms with E-state index in [0.29, 0.717) is 5.69 Å². The predicted octanol–water partition coefficient (Wildman–Crippen LogP) is 3.86. The maximum absolute atomic E-state index is 13.4. The summed E-state index contributed by atoms with van der Waals surface area (Å²) < 4.78 is 28.1. The molecule has 1 aromatic carbocycles. The number of imidazole rings is 1. The first-order chi connectivity index (χ1) is 9.56. The van der Waals surface area contributed by atoms with Crippen molar-refractivity contribution in [1.29, 1.82) is 0 Å². The van der Waals surface area contributed by atoms with E-state index in [9.17, 15) is 13.6 Å². The van der Waals surface area contributed by atoms with Crippen LogP contribution in [0.4, 0.5) is 8.78 Å². The molecular formula is C13H7BrF2N2OS. The van der Waals surface area contributed by atoms with Crippen molar-refractivity contribution in [2.75, 3.05) is 0 Å². The summed E-state index contributed by atoms with van der Waals surface area (Å²) in [5, 5.41) is 1.89. The van der Waals surface area contributed by atoms with Gasteiger partial charge in [-0.3, -0.25) is 9.20 Å². The molecule has 0 atom stereocenters. The number of ketones is 1. The van der Waals surface area contributed by atoms with E-state index < -0.39 is 11.6 Å². The highest BCUT2D eigenvalue weighted by atomic mass is 79.9. The molecule has 0 N–H and O–H groups in total. The second-order valence-electron chi connectivity index (χ2n) is 4.15. The molecule has 0 unspecified atom stereocenters. The number of hydrogen-bond donors (Lipinski definition) is 0. The van der Waals surface area contributed by atoms with Gasteiger partial charge in [0, 0.05) is 23.3 Å². The SMILES string of the molecule is O=C(Cc1cn2ccsc2n1)c1ccc(F)c(F)c1Br. The number of nitrogens with zero attached hydrogens (tertiary/aromatic N) is 2. The molecule has 0 radical (unpaired) electrons. The minimum absolute atomic E-state index is 0.0398. The number of carbonyl (C=O) groups excluding carboxylic acids is 1. The molecule has 3 rings (SSSR count). The van der Waals surface area contributed by atoms with E-state index in [-0.39, 0.29) is 22.2 Å². The Hall–Kier alpha value is -1.60. The van der Waals surface area contributed by atoms with Crippen LogP contribution >= 0.6 is 27.3 Å². The van der Waals surface area contributed by atoms with Crippen molar-refractivity contribution in [2.24, 2.45) is 0 Å². The van der Waals surface area contributed by atoms with Gasteiger partial charge in [-0.25, -0.2) is 13.8 Å². The standard InChI is InChI=1S/C13H7BrF2N2OS/c14-11-8(1-2-9(15)12(11)16)10(19)5-7-6-18-3-4-20-13(18)17-7/h1-4,6H,5H2. The van der Waals surface area contributed by atoms with Crippen molar-refractivity contribution in [1.82, 2.24) is 9.38 Å². The Balaban J connectivity index is 1.89. The minimum atomic E-state index is -1.05. The zero-order valence-electron chi connectivity index (χ0n) is 9.94. The van der Waals surface area contributed by atoms with Gasteiger partial charge in [-0.1, -0.05) is 0 Å². The Kier molecular flexibility index (Phi) is 3.39. The lowest BCUT2D eigenvalue weighted by atomic mass is 10.1. The second-order valence-corrected chi connectivity index (χ2v) is 5.81. The first kappa shape index (κ1) is 13.4. The zero-order chi connectivity index (χ0) is 14.3. The van der Waals surface area contributed by atoms with Gasteiger partial charge in [0.2, 0.25) is 0 Å². The van der Waals surface area contributed by atoms with Gasteiger partial charge < -0.3 is 0 Å². The van der Waals surface area contributed by atoms with Crippen molar-refractivity contribution in [2.45, 2.75) is 6.42 Å². The van der Waals surface area contributed by atoms with E-state index in [1.165, 1.54) is 17.4 Å². The van der Waals surface area contributed by atoms with E-state index in [4.69, 9.17) is 0 Å². The molecule has 2 aromatic heterocycles. The van der Waals surface area contributed by atoms with Gasteiger partial charge in [-0.15, -0.1) is 11.3 Å².